The molecular weight excluding hydrogens is 458 g/mol. The van der Waals surface area contributed by atoms with Crippen LogP contribution in [0.5, 0.6) is 0 Å². The number of H-pyrrole nitrogens is 1. The molecule has 192 valence electrons. The zero-order valence-corrected chi connectivity index (χ0v) is 21.1. The molecule has 0 atom stereocenters. The molecule has 1 aliphatic heterocycles. The highest BCUT2D eigenvalue weighted by Crippen LogP contribution is 2.22. The molecule has 3 aromatic rings. The van der Waals surface area contributed by atoms with Gasteiger partial charge in [-0.25, -0.2) is 9.97 Å². The monoisotopic (exact) mass is 493 g/mol. The molecule has 0 aliphatic carbocycles. The third-order valence-electron chi connectivity index (χ3n) is 6.24. The minimum absolute atomic E-state index is 0.196. The number of hydrogen-bond acceptors (Lipinski definition) is 8. The van der Waals surface area contributed by atoms with Crippen molar-refractivity contribution in [1.82, 2.24) is 25.2 Å². The van der Waals surface area contributed by atoms with Crippen LogP contribution in [0.15, 0.2) is 30.6 Å². The van der Waals surface area contributed by atoms with E-state index in [9.17, 15) is 9.90 Å². The number of hydrogen-bond donors (Lipinski definition) is 5. The van der Waals surface area contributed by atoms with Gasteiger partial charge >= 0.3 is 0 Å². The van der Waals surface area contributed by atoms with Gasteiger partial charge < -0.3 is 25.5 Å². The number of aliphatic hydroxyl groups excluding tert-OH is 1. The number of fused-ring (bicyclic) bond motifs is 1. The number of nitrogens with one attached hydrogen (secondary N) is 4. The molecule has 2 aromatic heterocycles. The van der Waals surface area contributed by atoms with E-state index in [0.717, 1.165) is 62.6 Å². The molecule has 1 aliphatic rings. The van der Waals surface area contributed by atoms with Crippen LogP contribution in [0.4, 0.5) is 5.69 Å². The highest BCUT2D eigenvalue weighted by Gasteiger charge is 2.23. The fraction of sp³-hybridized carbons (Fsp3) is 0.462. The van der Waals surface area contributed by atoms with E-state index in [0.29, 0.717) is 22.4 Å². The van der Waals surface area contributed by atoms with Gasteiger partial charge in [-0.2, -0.15) is 0 Å². The van der Waals surface area contributed by atoms with Crippen molar-refractivity contribution in [3.63, 3.8) is 0 Å². The molecule has 1 saturated heterocycles. The third-order valence-corrected chi connectivity index (χ3v) is 6.24. The van der Waals surface area contributed by atoms with Crippen molar-refractivity contribution in [2.24, 2.45) is 0 Å². The lowest BCUT2D eigenvalue weighted by molar-refractivity contribution is 0.0378. The summed E-state index contributed by atoms with van der Waals surface area (Å²) in [5.74, 6) is -0.365. The van der Waals surface area contributed by atoms with Gasteiger partial charge in [0.15, 0.2) is 5.65 Å². The van der Waals surface area contributed by atoms with E-state index >= 15 is 0 Å². The van der Waals surface area contributed by atoms with Crippen molar-refractivity contribution in [3.8, 4) is 0 Å². The van der Waals surface area contributed by atoms with Crippen LogP contribution in [0.1, 0.15) is 47.4 Å². The summed E-state index contributed by atoms with van der Waals surface area (Å²) in [4.78, 5) is 27.2. The minimum Gasteiger partial charge on any atom is -0.394 e. The molecule has 1 amide bonds. The van der Waals surface area contributed by atoms with Crippen molar-refractivity contribution < 1.29 is 14.6 Å². The number of amides is 1. The number of nitrogens with zero attached hydrogens (tertiary/aromatic N) is 3. The Morgan fingerprint density at radius 1 is 1.28 bits per heavy atom. The van der Waals surface area contributed by atoms with Crippen molar-refractivity contribution >= 4 is 28.5 Å². The van der Waals surface area contributed by atoms with Gasteiger partial charge in [-0.15, -0.1) is 0 Å². The fourth-order valence-corrected chi connectivity index (χ4v) is 4.11. The Hall–Kier alpha value is -3.34. The van der Waals surface area contributed by atoms with E-state index in [2.05, 4.69) is 30.5 Å². The molecular formula is C26H35N7O3. The molecule has 4 rings (SSSR count). The Kier molecular flexibility index (Phi) is 7.97. The number of benzene rings is 1. The standard InChI is InChI=1S/C26H35N7O3/c1-17-5-6-18(20(13-17)28-7-4-8-33-9-11-36-12-10-33)22(27)21-15-30-24-23(31-21)19(14-29-24)25(35)32-26(2,3)16-34/h5-6,13-15,27-28,34H,4,7-12,16H2,1-3H3,(H,29,30)(H,32,35). The lowest BCUT2D eigenvalue weighted by Gasteiger charge is -2.26. The molecule has 3 heterocycles. The van der Waals surface area contributed by atoms with Crippen LogP contribution >= 0.6 is 0 Å². The largest absolute Gasteiger partial charge is 0.394 e. The first kappa shape index (κ1) is 25.7. The van der Waals surface area contributed by atoms with Gasteiger partial charge in [0, 0.05) is 37.1 Å². The van der Waals surface area contributed by atoms with E-state index in [1.165, 1.54) is 0 Å². The molecule has 0 saturated carbocycles. The first-order valence-corrected chi connectivity index (χ1v) is 12.3. The second kappa shape index (κ2) is 11.2. The molecule has 5 N–H and O–H groups in total. The number of rotatable bonds is 10. The minimum atomic E-state index is -0.775. The van der Waals surface area contributed by atoms with Crippen LogP contribution < -0.4 is 10.6 Å². The smallest absolute Gasteiger partial charge is 0.255 e. The highest BCUT2D eigenvalue weighted by atomic mass is 16.5. The van der Waals surface area contributed by atoms with Crippen molar-refractivity contribution in [1.29, 1.82) is 5.41 Å². The number of aromatic nitrogens is 3. The van der Waals surface area contributed by atoms with Crippen LogP contribution in [0, 0.1) is 12.3 Å². The number of aromatic amines is 1. The maximum absolute atomic E-state index is 12.8. The Bertz CT molecular complexity index is 1230. The van der Waals surface area contributed by atoms with Crippen LogP contribution in [0.3, 0.4) is 0 Å². The van der Waals surface area contributed by atoms with Crippen LogP contribution in [0.2, 0.25) is 0 Å². The fourth-order valence-electron chi connectivity index (χ4n) is 4.11. The lowest BCUT2D eigenvalue weighted by atomic mass is 10.0. The molecule has 0 spiro atoms. The summed E-state index contributed by atoms with van der Waals surface area (Å²) >= 11 is 0. The third kappa shape index (κ3) is 6.07. The van der Waals surface area contributed by atoms with Crippen LogP contribution in [-0.4, -0.2) is 88.1 Å². The summed E-state index contributed by atoms with van der Waals surface area (Å²) in [6, 6.07) is 5.93. The Morgan fingerprint density at radius 3 is 2.81 bits per heavy atom. The van der Waals surface area contributed by atoms with Gasteiger partial charge in [0.25, 0.3) is 5.91 Å². The summed E-state index contributed by atoms with van der Waals surface area (Å²) < 4.78 is 5.41. The summed E-state index contributed by atoms with van der Waals surface area (Å²) in [5.41, 5.74) is 3.69. The number of anilines is 1. The number of aryl methyl sites for hydroxylation is 1. The second-order valence-electron chi connectivity index (χ2n) is 9.81. The van der Waals surface area contributed by atoms with E-state index < -0.39 is 5.54 Å². The summed E-state index contributed by atoms with van der Waals surface area (Å²) in [5, 5.41) is 24.7. The van der Waals surface area contributed by atoms with E-state index in [1.807, 2.05) is 25.1 Å². The van der Waals surface area contributed by atoms with Crippen molar-refractivity contribution in [3.05, 3.63) is 53.0 Å². The average molecular weight is 494 g/mol. The number of carbonyl (C=O) groups is 1. The highest BCUT2D eigenvalue weighted by molar-refractivity contribution is 6.14. The number of aliphatic hydroxyl groups is 1. The molecule has 10 nitrogen and oxygen atoms in total. The summed E-state index contributed by atoms with van der Waals surface area (Å²) in [6.45, 7) is 10.6. The quantitative estimate of drug-likeness (QED) is 0.216. The maximum atomic E-state index is 12.8. The molecule has 1 aromatic carbocycles. The SMILES string of the molecule is Cc1ccc(C(=N)c2cnc3[nH]cc(C(=O)NC(C)(C)CO)c3n2)c(NCCCN2CCOCC2)c1. The zero-order chi connectivity index (χ0) is 25.7. The average Bonchev–Trinajstić information content (AvgIpc) is 3.30. The Balaban J connectivity index is 1.51. The van der Waals surface area contributed by atoms with Crippen LogP contribution in [-0.2, 0) is 4.74 Å². The molecule has 0 bridgehead atoms. The molecule has 1 fully saturated rings. The Labute approximate surface area is 211 Å². The summed E-state index contributed by atoms with van der Waals surface area (Å²) in [7, 11) is 0. The lowest BCUT2D eigenvalue weighted by Crippen LogP contribution is -2.46. The van der Waals surface area contributed by atoms with Gasteiger partial charge in [0.2, 0.25) is 0 Å². The number of morpholine rings is 1. The Morgan fingerprint density at radius 2 is 2.06 bits per heavy atom. The van der Waals surface area contributed by atoms with Gasteiger partial charge in [-0.3, -0.25) is 15.1 Å². The van der Waals surface area contributed by atoms with E-state index in [-0.39, 0.29) is 18.2 Å². The number of ether oxygens (including phenoxy) is 1. The second-order valence-corrected chi connectivity index (χ2v) is 9.81. The predicted octanol–water partition coefficient (Wildman–Crippen LogP) is 2.32. The van der Waals surface area contributed by atoms with Crippen molar-refractivity contribution in [2.75, 3.05) is 51.3 Å². The first-order chi connectivity index (χ1) is 17.3. The van der Waals surface area contributed by atoms with Gasteiger partial charge in [-0.05, 0) is 45.4 Å². The first-order valence-electron chi connectivity index (χ1n) is 12.3. The zero-order valence-electron chi connectivity index (χ0n) is 21.1. The van der Waals surface area contributed by atoms with Gasteiger partial charge in [0.05, 0.1) is 42.8 Å². The normalized spacial score (nSPS) is 14.7. The van der Waals surface area contributed by atoms with Gasteiger partial charge in [-0.1, -0.05) is 12.1 Å². The molecule has 36 heavy (non-hydrogen) atoms. The maximum Gasteiger partial charge on any atom is 0.255 e. The summed E-state index contributed by atoms with van der Waals surface area (Å²) in [6.07, 6.45) is 4.08. The number of carbonyl (C=O) groups excluding carboxylic acids is 1. The molecule has 10 heteroatoms. The topological polar surface area (TPSA) is 139 Å². The van der Waals surface area contributed by atoms with E-state index in [4.69, 9.17) is 10.1 Å². The molecule has 0 unspecified atom stereocenters. The predicted molar refractivity (Wildman–Crippen MR) is 140 cm³/mol. The van der Waals surface area contributed by atoms with Crippen molar-refractivity contribution in [2.45, 2.75) is 32.7 Å². The van der Waals surface area contributed by atoms with E-state index in [1.54, 1.807) is 26.2 Å². The van der Waals surface area contributed by atoms with Crippen LogP contribution in [0.25, 0.3) is 11.2 Å². The molecule has 0 radical (unpaired) electrons. The van der Waals surface area contributed by atoms with Gasteiger partial charge in [0.1, 0.15) is 11.2 Å².